The zero-order valence-corrected chi connectivity index (χ0v) is 12.1. The zero-order chi connectivity index (χ0) is 14.6. The summed E-state index contributed by atoms with van der Waals surface area (Å²) in [6, 6.07) is 3.42. The summed E-state index contributed by atoms with van der Waals surface area (Å²) in [5.41, 5.74) is -0.0149. The van der Waals surface area contributed by atoms with Crippen molar-refractivity contribution in [3.8, 4) is 0 Å². The Morgan fingerprint density at radius 3 is 2.53 bits per heavy atom. The van der Waals surface area contributed by atoms with Crippen LogP contribution >= 0.6 is 0 Å². The Bertz CT molecular complexity index is 456. The van der Waals surface area contributed by atoms with Crippen LogP contribution < -0.4 is 0 Å². The van der Waals surface area contributed by atoms with Crippen molar-refractivity contribution >= 4 is 12.1 Å². The van der Waals surface area contributed by atoms with E-state index < -0.39 is 17.6 Å². The molecule has 0 saturated heterocycles. The van der Waals surface area contributed by atoms with Gasteiger partial charge in [0.25, 0.3) is 0 Å². The second-order valence-corrected chi connectivity index (χ2v) is 5.26. The molecule has 1 atom stereocenters. The molecule has 0 spiro atoms. The van der Waals surface area contributed by atoms with E-state index >= 15 is 0 Å². The molecule has 1 rings (SSSR count). The highest BCUT2D eigenvalue weighted by molar-refractivity contribution is 5.80. The molecule has 1 unspecified atom stereocenters. The van der Waals surface area contributed by atoms with E-state index in [4.69, 9.17) is 9.47 Å². The van der Waals surface area contributed by atoms with Crippen LogP contribution in [0.3, 0.4) is 0 Å². The van der Waals surface area contributed by atoms with E-state index in [2.05, 4.69) is 0 Å². The van der Waals surface area contributed by atoms with Crippen LogP contribution in [-0.4, -0.2) is 28.8 Å². The molecule has 0 aromatic carbocycles. The summed E-state index contributed by atoms with van der Waals surface area (Å²) in [7, 11) is 0. The monoisotopic (exact) mass is 267 g/mol. The summed E-state index contributed by atoms with van der Waals surface area (Å²) in [4.78, 5) is 23.7. The van der Waals surface area contributed by atoms with Crippen molar-refractivity contribution < 1.29 is 19.1 Å². The summed E-state index contributed by atoms with van der Waals surface area (Å²) in [5.74, 6) is -0.867. The first-order chi connectivity index (χ1) is 8.76. The summed E-state index contributed by atoms with van der Waals surface area (Å²) in [6.07, 6.45) is 1.09. The number of nitrogens with zero attached hydrogens (tertiary/aromatic N) is 1. The molecule has 0 N–H and O–H groups in total. The molecular weight excluding hydrogens is 246 g/mol. The van der Waals surface area contributed by atoms with Gasteiger partial charge in [-0.15, -0.1) is 0 Å². The minimum atomic E-state index is -0.578. The third kappa shape index (κ3) is 4.12. The predicted molar refractivity (Wildman–Crippen MR) is 71.1 cm³/mol. The van der Waals surface area contributed by atoms with Crippen molar-refractivity contribution in [2.45, 2.75) is 46.1 Å². The van der Waals surface area contributed by atoms with Crippen molar-refractivity contribution in [1.29, 1.82) is 0 Å². The maximum absolute atomic E-state index is 12.0. The minimum Gasteiger partial charge on any atom is -0.465 e. The maximum Gasteiger partial charge on any atom is 0.418 e. The molecule has 0 fully saturated rings. The lowest BCUT2D eigenvalue weighted by atomic mass is 10.1. The van der Waals surface area contributed by atoms with Crippen LogP contribution in [0.1, 0.15) is 46.2 Å². The molecule has 0 bridgehead atoms. The van der Waals surface area contributed by atoms with Crippen LogP contribution in [-0.2, 0) is 14.3 Å². The third-order valence-corrected chi connectivity index (χ3v) is 2.45. The Hall–Kier alpha value is -1.78. The lowest BCUT2D eigenvalue weighted by Crippen LogP contribution is -2.29. The second kappa shape index (κ2) is 5.91. The van der Waals surface area contributed by atoms with Crippen LogP contribution in [0.25, 0.3) is 0 Å². The average molecular weight is 267 g/mol. The molecule has 0 radical (unpaired) electrons. The fourth-order valence-electron chi connectivity index (χ4n) is 1.61. The van der Waals surface area contributed by atoms with Gasteiger partial charge in [0.2, 0.25) is 0 Å². The second-order valence-electron chi connectivity index (χ2n) is 5.26. The normalized spacial score (nSPS) is 12.9. The van der Waals surface area contributed by atoms with Gasteiger partial charge < -0.3 is 9.47 Å². The molecule has 0 aliphatic heterocycles. The average Bonchev–Trinajstić information content (AvgIpc) is 2.74. The number of hydrogen-bond acceptors (Lipinski definition) is 4. The van der Waals surface area contributed by atoms with Gasteiger partial charge in [0.05, 0.1) is 12.5 Å². The summed E-state index contributed by atoms with van der Waals surface area (Å²) in [5, 5.41) is 0. The van der Waals surface area contributed by atoms with Crippen molar-refractivity contribution in [2.24, 2.45) is 0 Å². The molecule has 19 heavy (non-hydrogen) atoms. The van der Waals surface area contributed by atoms with Crippen molar-refractivity contribution in [3.05, 3.63) is 24.0 Å². The van der Waals surface area contributed by atoms with Crippen LogP contribution in [0, 0.1) is 0 Å². The highest BCUT2D eigenvalue weighted by atomic mass is 16.6. The standard InChI is InChI=1S/C14H21NO4/c1-6-18-12(16)10(2)11-8-7-9-15(11)13(17)19-14(3,4)5/h7-10H,6H2,1-5H3. The highest BCUT2D eigenvalue weighted by Crippen LogP contribution is 2.19. The molecule has 106 valence electrons. The van der Waals surface area contributed by atoms with Gasteiger partial charge >= 0.3 is 12.1 Å². The van der Waals surface area contributed by atoms with Gasteiger partial charge in [-0.3, -0.25) is 9.36 Å². The number of hydrogen-bond donors (Lipinski definition) is 0. The van der Waals surface area contributed by atoms with Crippen LogP contribution in [0.4, 0.5) is 4.79 Å². The third-order valence-electron chi connectivity index (χ3n) is 2.45. The number of esters is 1. The lowest BCUT2D eigenvalue weighted by Gasteiger charge is -2.21. The molecular formula is C14H21NO4. The molecule has 1 aromatic heterocycles. The van der Waals surface area contributed by atoms with E-state index in [-0.39, 0.29) is 5.97 Å². The van der Waals surface area contributed by atoms with Crippen LogP contribution in [0.2, 0.25) is 0 Å². The molecule has 0 saturated carbocycles. The predicted octanol–water partition coefficient (Wildman–Crippen LogP) is 2.94. The van der Waals surface area contributed by atoms with Gasteiger partial charge in [0, 0.05) is 11.9 Å². The van der Waals surface area contributed by atoms with Crippen molar-refractivity contribution in [1.82, 2.24) is 4.57 Å². The Balaban J connectivity index is 2.91. The largest absolute Gasteiger partial charge is 0.465 e. The summed E-state index contributed by atoms with van der Waals surface area (Å²) in [6.45, 7) is 9.15. The molecule has 1 aromatic rings. The van der Waals surface area contributed by atoms with E-state index in [1.54, 1.807) is 52.9 Å². The van der Waals surface area contributed by atoms with Crippen LogP contribution in [0.15, 0.2) is 18.3 Å². The first-order valence-corrected chi connectivity index (χ1v) is 6.33. The summed E-state index contributed by atoms with van der Waals surface area (Å²) >= 11 is 0. The molecule has 1 heterocycles. The van der Waals surface area contributed by atoms with Crippen molar-refractivity contribution in [2.75, 3.05) is 6.61 Å². The highest BCUT2D eigenvalue weighted by Gasteiger charge is 2.24. The number of ether oxygens (including phenoxy) is 2. The van der Waals surface area contributed by atoms with E-state index in [0.717, 1.165) is 0 Å². The maximum atomic E-state index is 12.0. The number of aromatic nitrogens is 1. The van der Waals surface area contributed by atoms with Gasteiger partial charge in [0.1, 0.15) is 5.60 Å². The number of rotatable bonds is 3. The van der Waals surface area contributed by atoms with Crippen molar-refractivity contribution in [3.63, 3.8) is 0 Å². The first-order valence-electron chi connectivity index (χ1n) is 6.33. The lowest BCUT2D eigenvalue weighted by molar-refractivity contribution is -0.144. The minimum absolute atomic E-state index is 0.316. The molecule has 0 aliphatic carbocycles. The van der Waals surface area contributed by atoms with Gasteiger partial charge in [-0.25, -0.2) is 4.79 Å². The summed E-state index contributed by atoms with van der Waals surface area (Å²) < 4.78 is 11.6. The smallest absolute Gasteiger partial charge is 0.418 e. The Morgan fingerprint density at radius 1 is 1.37 bits per heavy atom. The Labute approximate surface area is 113 Å². The molecule has 0 aliphatic rings. The fourth-order valence-corrected chi connectivity index (χ4v) is 1.61. The first kappa shape index (κ1) is 15.3. The van der Waals surface area contributed by atoms with E-state index in [1.807, 2.05) is 0 Å². The fraction of sp³-hybridized carbons (Fsp3) is 0.571. The Morgan fingerprint density at radius 2 is 2.00 bits per heavy atom. The van der Waals surface area contributed by atoms with E-state index in [1.165, 1.54) is 4.57 Å². The molecule has 5 heteroatoms. The van der Waals surface area contributed by atoms with Gasteiger partial charge in [-0.1, -0.05) is 0 Å². The van der Waals surface area contributed by atoms with Crippen LogP contribution in [0.5, 0.6) is 0 Å². The Kier molecular flexibility index (Phi) is 4.75. The number of carbonyl (C=O) groups is 2. The number of carbonyl (C=O) groups excluding carboxylic acids is 2. The van der Waals surface area contributed by atoms with E-state index in [0.29, 0.717) is 12.3 Å². The van der Waals surface area contributed by atoms with E-state index in [9.17, 15) is 9.59 Å². The molecule has 5 nitrogen and oxygen atoms in total. The van der Waals surface area contributed by atoms with Gasteiger partial charge in [-0.05, 0) is 46.8 Å². The molecule has 0 amide bonds. The quantitative estimate of drug-likeness (QED) is 0.790. The van der Waals surface area contributed by atoms with Gasteiger partial charge in [0.15, 0.2) is 0 Å². The SMILES string of the molecule is CCOC(=O)C(C)c1cccn1C(=O)OC(C)(C)C. The topological polar surface area (TPSA) is 57.5 Å². The van der Waals surface area contributed by atoms with Gasteiger partial charge in [-0.2, -0.15) is 0 Å². The zero-order valence-electron chi connectivity index (χ0n) is 12.1.